The van der Waals surface area contributed by atoms with Crippen molar-refractivity contribution in [2.24, 2.45) is 0 Å². The van der Waals surface area contributed by atoms with E-state index in [1.165, 1.54) is 33.4 Å². The first kappa shape index (κ1) is 33.0. The van der Waals surface area contributed by atoms with E-state index in [9.17, 15) is 0 Å². The summed E-state index contributed by atoms with van der Waals surface area (Å²) in [6, 6.07) is 55.7. The summed E-state index contributed by atoms with van der Waals surface area (Å²) in [7, 11) is 0. The van der Waals surface area contributed by atoms with Crippen LogP contribution in [0.3, 0.4) is 0 Å². The Morgan fingerprint density at radius 1 is 0.386 bits per heavy atom. The molecule has 1 aliphatic rings. The van der Waals surface area contributed by atoms with Gasteiger partial charge >= 0.3 is 0 Å². The predicted octanol–water partition coefficient (Wildman–Crippen LogP) is 12.8. The molecule has 0 saturated carbocycles. The molecule has 11 rings (SSSR count). The van der Waals surface area contributed by atoms with Crippen LogP contribution < -0.4 is 0 Å². The van der Waals surface area contributed by atoms with E-state index in [4.69, 9.17) is 19.9 Å². The molecule has 0 unspecified atom stereocenters. The van der Waals surface area contributed by atoms with Crippen molar-refractivity contribution in [3.63, 3.8) is 0 Å². The van der Waals surface area contributed by atoms with E-state index in [0.717, 1.165) is 71.9 Å². The lowest BCUT2D eigenvalue weighted by atomic mass is 9.81. The zero-order chi connectivity index (χ0) is 38.1. The molecule has 5 heteroatoms. The molecule has 0 amide bonds. The molecule has 0 radical (unpaired) electrons. The fourth-order valence-electron chi connectivity index (χ4n) is 8.52. The molecule has 0 atom stereocenters. The maximum absolute atomic E-state index is 5.28. The van der Waals surface area contributed by atoms with Crippen molar-refractivity contribution < 1.29 is 0 Å². The number of hydrogen-bond acceptors (Lipinski definition) is 5. The first-order chi connectivity index (χ1) is 28.0. The van der Waals surface area contributed by atoms with Gasteiger partial charge < -0.3 is 0 Å². The van der Waals surface area contributed by atoms with E-state index in [-0.39, 0.29) is 5.41 Å². The van der Waals surface area contributed by atoms with Crippen LogP contribution in [-0.4, -0.2) is 24.9 Å². The minimum atomic E-state index is -0.0514. The van der Waals surface area contributed by atoms with Gasteiger partial charge in [-0.2, -0.15) is 0 Å². The van der Waals surface area contributed by atoms with Gasteiger partial charge in [0.2, 0.25) is 0 Å². The molecule has 4 heterocycles. The van der Waals surface area contributed by atoms with E-state index in [0.29, 0.717) is 5.82 Å². The van der Waals surface area contributed by atoms with Crippen molar-refractivity contribution in [2.75, 3.05) is 0 Å². The third-order valence-electron chi connectivity index (χ3n) is 11.6. The highest BCUT2D eigenvalue weighted by Gasteiger charge is 2.35. The van der Waals surface area contributed by atoms with Gasteiger partial charge in [-0.25, -0.2) is 19.9 Å². The van der Waals surface area contributed by atoms with Gasteiger partial charge in [0.15, 0.2) is 5.82 Å². The fourth-order valence-corrected chi connectivity index (χ4v) is 8.52. The third kappa shape index (κ3) is 5.58. The van der Waals surface area contributed by atoms with Crippen molar-refractivity contribution in [3.05, 3.63) is 187 Å². The first-order valence-corrected chi connectivity index (χ1v) is 19.3. The van der Waals surface area contributed by atoms with Crippen LogP contribution in [0.2, 0.25) is 0 Å². The van der Waals surface area contributed by atoms with E-state index < -0.39 is 0 Å². The Labute approximate surface area is 330 Å². The van der Waals surface area contributed by atoms with Crippen LogP contribution in [0.25, 0.3) is 100.0 Å². The SMILES string of the molecule is CC1(C)c2ccccc2-c2ccc(-c3cccc(-c4ccc5ccc6ccc(-c7cccc(-c8ncc(-c9ccc%10cccnc%10c9)cn8)c7)nc6c5n4)c3)cc21. The Kier molecular flexibility index (Phi) is 7.45. The zero-order valence-electron chi connectivity index (χ0n) is 31.5. The van der Waals surface area contributed by atoms with Gasteiger partial charge in [-0.3, -0.25) is 4.98 Å². The Morgan fingerprint density at radius 2 is 0.965 bits per heavy atom. The van der Waals surface area contributed by atoms with Gasteiger partial charge in [0.25, 0.3) is 0 Å². The molecular formula is C52H35N5. The lowest BCUT2D eigenvalue weighted by molar-refractivity contribution is 0.660. The number of hydrogen-bond donors (Lipinski definition) is 0. The molecule has 1 aliphatic carbocycles. The quantitative estimate of drug-likeness (QED) is 0.165. The normalized spacial score (nSPS) is 12.9. The smallest absolute Gasteiger partial charge is 0.159 e. The lowest BCUT2D eigenvalue weighted by Crippen LogP contribution is -2.14. The van der Waals surface area contributed by atoms with Gasteiger partial charge in [-0.05, 0) is 81.4 Å². The molecule has 6 aromatic carbocycles. The molecule has 0 N–H and O–H groups in total. The molecule has 57 heavy (non-hydrogen) atoms. The van der Waals surface area contributed by atoms with Crippen molar-refractivity contribution in [1.82, 2.24) is 24.9 Å². The average molecular weight is 730 g/mol. The lowest BCUT2D eigenvalue weighted by Gasteiger charge is -2.22. The summed E-state index contributed by atoms with van der Waals surface area (Å²) >= 11 is 0. The number of pyridine rings is 3. The van der Waals surface area contributed by atoms with E-state index in [1.54, 1.807) is 0 Å². The standard InChI is InChI=1S/C52H35N5/c1-52(2)44-14-4-3-13-42(44)43-22-19-36(28-45(43)52)35-8-5-9-38(26-35)46-23-20-33-16-17-34-21-24-47(57-50(34)49(33)56-46)39-10-6-11-40(27-39)51-54-30-41(31-55-51)37-18-15-32-12-7-25-53-48(32)29-37/h3-31H,1-2H3. The first-order valence-electron chi connectivity index (χ1n) is 19.3. The van der Waals surface area contributed by atoms with Crippen LogP contribution in [0.5, 0.6) is 0 Å². The number of benzene rings is 6. The Morgan fingerprint density at radius 3 is 1.72 bits per heavy atom. The Balaban J connectivity index is 0.919. The zero-order valence-corrected chi connectivity index (χ0v) is 31.5. The second-order valence-corrected chi connectivity index (χ2v) is 15.4. The summed E-state index contributed by atoms with van der Waals surface area (Å²) in [6.45, 7) is 4.66. The minimum absolute atomic E-state index is 0.0514. The maximum Gasteiger partial charge on any atom is 0.159 e. The average Bonchev–Trinajstić information content (AvgIpc) is 3.51. The largest absolute Gasteiger partial charge is 0.256 e. The van der Waals surface area contributed by atoms with Crippen LogP contribution in [0.4, 0.5) is 0 Å². The summed E-state index contributed by atoms with van der Waals surface area (Å²) in [5, 5.41) is 3.21. The predicted molar refractivity (Wildman–Crippen MR) is 233 cm³/mol. The molecule has 0 saturated heterocycles. The van der Waals surface area contributed by atoms with Crippen molar-refractivity contribution >= 4 is 32.7 Å². The summed E-state index contributed by atoms with van der Waals surface area (Å²) in [5.74, 6) is 0.660. The summed E-state index contributed by atoms with van der Waals surface area (Å²) < 4.78 is 0. The van der Waals surface area contributed by atoms with Gasteiger partial charge in [-0.15, -0.1) is 0 Å². The second kappa shape index (κ2) is 12.9. The molecule has 10 aromatic rings. The van der Waals surface area contributed by atoms with Gasteiger partial charge in [0.05, 0.1) is 27.9 Å². The van der Waals surface area contributed by atoms with Crippen LogP contribution in [0.15, 0.2) is 176 Å². The summed E-state index contributed by atoms with van der Waals surface area (Å²) in [6.07, 6.45) is 5.57. The monoisotopic (exact) mass is 729 g/mol. The molecule has 0 aliphatic heterocycles. The highest BCUT2D eigenvalue weighted by Crippen LogP contribution is 2.49. The third-order valence-corrected chi connectivity index (χ3v) is 11.6. The fraction of sp³-hybridized carbons (Fsp3) is 0.0577. The Hall–Kier alpha value is -7.37. The summed E-state index contributed by atoms with van der Waals surface area (Å²) in [5.41, 5.74) is 17.2. The van der Waals surface area contributed by atoms with Crippen LogP contribution in [0.1, 0.15) is 25.0 Å². The number of aromatic nitrogens is 5. The number of fused-ring (bicyclic) bond motifs is 7. The van der Waals surface area contributed by atoms with Crippen LogP contribution in [-0.2, 0) is 5.41 Å². The molecule has 5 nitrogen and oxygen atoms in total. The van der Waals surface area contributed by atoms with Gasteiger partial charge in [-0.1, -0.05) is 129 Å². The molecule has 0 fully saturated rings. The van der Waals surface area contributed by atoms with E-state index in [1.807, 2.05) is 36.8 Å². The van der Waals surface area contributed by atoms with Crippen molar-refractivity contribution in [1.29, 1.82) is 0 Å². The Bertz CT molecular complexity index is 3220. The minimum Gasteiger partial charge on any atom is -0.256 e. The highest BCUT2D eigenvalue weighted by atomic mass is 14.9. The molecular weight excluding hydrogens is 695 g/mol. The van der Waals surface area contributed by atoms with Gasteiger partial charge in [0.1, 0.15) is 0 Å². The highest BCUT2D eigenvalue weighted by molar-refractivity contribution is 6.04. The summed E-state index contributed by atoms with van der Waals surface area (Å²) in [4.78, 5) is 24.6. The van der Waals surface area contributed by atoms with Crippen LogP contribution >= 0.6 is 0 Å². The number of nitrogens with zero attached hydrogens (tertiary/aromatic N) is 5. The molecule has 0 spiro atoms. The maximum atomic E-state index is 5.28. The van der Waals surface area contributed by atoms with Crippen molar-refractivity contribution in [2.45, 2.75) is 19.3 Å². The van der Waals surface area contributed by atoms with E-state index >= 15 is 0 Å². The van der Waals surface area contributed by atoms with E-state index in [2.05, 4.69) is 158 Å². The second-order valence-electron chi connectivity index (χ2n) is 15.4. The molecule has 268 valence electrons. The number of rotatable bonds is 5. The topological polar surface area (TPSA) is 64.5 Å². The van der Waals surface area contributed by atoms with Gasteiger partial charge in [0, 0.05) is 62.4 Å². The van der Waals surface area contributed by atoms with Crippen LogP contribution in [0, 0.1) is 0 Å². The molecule has 4 aromatic heterocycles. The molecule has 0 bridgehead atoms. The van der Waals surface area contributed by atoms with Crippen molar-refractivity contribution in [3.8, 4) is 67.3 Å².